The second kappa shape index (κ2) is 10.0. The summed E-state index contributed by atoms with van der Waals surface area (Å²) < 4.78 is 0. The molecule has 6 heteroatoms. The van der Waals surface area contributed by atoms with Crippen LogP contribution in [0.2, 0.25) is 0 Å². The lowest BCUT2D eigenvalue weighted by Gasteiger charge is -2.35. The van der Waals surface area contributed by atoms with Crippen molar-refractivity contribution in [2.75, 3.05) is 32.7 Å². The van der Waals surface area contributed by atoms with Crippen LogP contribution in [0.15, 0.2) is 24.3 Å². The summed E-state index contributed by atoms with van der Waals surface area (Å²) in [4.78, 5) is 28.4. The van der Waals surface area contributed by atoms with Gasteiger partial charge in [-0.05, 0) is 36.6 Å². The molecule has 0 aliphatic carbocycles. The topological polar surface area (TPSA) is 72.9 Å². The summed E-state index contributed by atoms with van der Waals surface area (Å²) in [5.74, 6) is 0.624. The number of phenols is 1. The van der Waals surface area contributed by atoms with Crippen molar-refractivity contribution in [3.63, 3.8) is 0 Å². The summed E-state index contributed by atoms with van der Waals surface area (Å²) in [5, 5.41) is 12.4. The molecule has 0 spiro atoms. The van der Waals surface area contributed by atoms with E-state index in [1.807, 2.05) is 0 Å². The zero-order valence-electron chi connectivity index (χ0n) is 15.9. The summed E-state index contributed by atoms with van der Waals surface area (Å²) >= 11 is 0. The van der Waals surface area contributed by atoms with E-state index in [0.29, 0.717) is 37.7 Å². The van der Waals surface area contributed by atoms with Crippen LogP contribution in [0.4, 0.5) is 4.79 Å². The largest absolute Gasteiger partial charge is 0.508 e. The van der Waals surface area contributed by atoms with Gasteiger partial charge in [0, 0.05) is 38.3 Å². The molecule has 1 aromatic rings. The third kappa shape index (κ3) is 5.64. The number of carbonyl (C=O) groups excluding carboxylic acids is 2. The first kappa shape index (κ1) is 20.1. The van der Waals surface area contributed by atoms with Gasteiger partial charge in [-0.25, -0.2) is 4.79 Å². The van der Waals surface area contributed by atoms with E-state index in [-0.39, 0.29) is 17.7 Å². The van der Waals surface area contributed by atoms with E-state index < -0.39 is 0 Å². The average Bonchev–Trinajstić information content (AvgIpc) is 2.68. The fraction of sp³-hybridized carbons (Fsp3) is 0.600. The van der Waals surface area contributed by atoms with Gasteiger partial charge in [0.1, 0.15) is 5.75 Å². The molecular formula is C20H31N3O3. The van der Waals surface area contributed by atoms with E-state index in [9.17, 15) is 14.7 Å². The normalized spacial score (nSPS) is 15.6. The van der Waals surface area contributed by atoms with Crippen LogP contribution in [-0.4, -0.2) is 59.6 Å². The molecule has 1 fully saturated rings. The number of nitrogens with one attached hydrogen (secondary N) is 1. The number of unbranched alkanes of at least 4 members (excludes halogenated alkanes) is 1. The lowest BCUT2D eigenvalue weighted by Crippen LogP contribution is -2.53. The zero-order valence-corrected chi connectivity index (χ0v) is 15.9. The summed E-state index contributed by atoms with van der Waals surface area (Å²) in [6, 6.07) is 6.24. The van der Waals surface area contributed by atoms with Crippen LogP contribution >= 0.6 is 0 Å². The average molecular weight is 361 g/mol. The Morgan fingerprint density at radius 3 is 2.27 bits per heavy atom. The van der Waals surface area contributed by atoms with Gasteiger partial charge in [0.15, 0.2) is 0 Å². The number of benzene rings is 1. The molecule has 1 aliphatic rings. The maximum atomic E-state index is 12.5. The van der Waals surface area contributed by atoms with Gasteiger partial charge >= 0.3 is 6.03 Å². The van der Waals surface area contributed by atoms with Crippen LogP contribution in [0.1, 0.15) is 49.9 Å². The van der Waals surface area contributed by atoms with Gasteiger partial charge in [-0.1, -0.05) is 33.1 Å². The Kier molecular flexibility index (Phi) is 7.75. The molecule has 0 bridgehead atoms. The van der Waals surface area contributed by atoms with Crippen molar-refractivity contribution in [2.45, 2.75) is 39.5 Å². The van der Waals surface area contributed by atoms with Gasteiger partial charge in [0.05, 0.1) is 0 Å². The first-order chi connectivity index (χ1) is 12.5. The highest BCUT2D eigenvalue weighted by Crippen LogP contribution is 2.14. The molecule has 2 rings (SSSR count). The highest BCUT2D eigenvalue weighted by molar-refractivity contribution is 5.94. The smallest absolute Gasteiger partial charge is 0.317 e. The fourth-order valence-corrected chi connectivity index (χ4v) is 3.19. The predicted molar refractivity (Wildman–Crippen MR) is 102 cm³/mol. The summed E-state index contributed by atoms with van der Waals surface area (Å²) in [5.41, 5.74) is 0.558. The molecule has 26 heavy (non-hydrogen) atoms. The molecule has 0 radical (unpaired) electrons. The quantitative estimate of drug-likeness (QED) is 0.784. The number of carbonyl (C=O) groups is 2. The standard InChI is InChI=1S/C20H31N3O3/c1-3-5-6-16(4-2)15-21-20(26)23-13-11-22(12-14-23)19(25)17-7-9-18(24)10-8-17/h7-10,16,24H,3-6,11-15H2,1-2H3,(H,21,26). The molecule has 1 unspecified atom stereocenters. The molecule has 0 saturated carbocycles. The van der Waals surface area contributed by atoms with E-state index in [0.717, 1.165) is 19.4 Å². The van der Waals surface area contributed by atoms with Crippen molar-refractivity contribution in [3.05, 3.63) is 29.8 Å². The van der Waals surface area contributed by atoms with Crippen molar-refractivity contribution in [2.24, 2.45) is 5.92 Å². The maximum Gasteiger partial charge on any atom is 0.317 e. The number of hydrogen-bond acceptors (Lipinski definition) is 3. The lowest BCUT2D eigenvalue weighted by molar-refractivity contribution is 0.0664. The van der Waals surface area contributed by atoms with Crippen molar-refractivity contribution >= 4 is 11.9 Å². The minimum Gasteiger partial charge on any atom is -0.508 e. The molecule has 2 N–H and O–H groups in total. The molecule has 1 aromatic carbocycles. The molecule has 3 amide bonds. The molecule has 6 nitrogen and oxygen atoms in total. The lowest BCUT2D eigenvalue weighted by atomic mass is 9.99. The van der Waals surface area contributed by atoms with E-state index in [2.05, 4.69) is 19.2 Å². The van der Waals surface area contributed by atoms with Crippen molar-refractivity contribution in [3.8, 4) is 5.75 Å². The number of urea groups is 1. The number of rotatable bonds is 7. The zero-order chi connectivity index (χ0) is 18.9. The molecule has 0 aromatic heterocycles. The Bertz CT molecular complexity index is 580. The van der Waals surface area contributed by atoms with Crippen molar-refractivity contribution in [1.82, 2.24) is 15.1 Å². The van der Waals surface area contributed by atoms with Crippen LogP contribution in [-0.2, 0) is 0 Å². The molecule has 1 heterocycles. The molecule has 1 saturated heterocycles. The van der Waals surface area contributed by atoms with Gasteiger partial charge in [0.2, 0.25) is 0 Å². The third-order valence-corrected chi connectivity index (χ3v) is 5.05. The number of phenolic OH excluding ortho intramolecular Hbond substituents is 1. The summed E-state index contributed by atoms with van der Waals surface area (Å²) in [7, 11) is 0. The fourth-order valence-electron chi connectivity index (χ4n) is 3.19. The van der Waals surface area contributed by atoms with Crippen LogP contribution in [0.25, 0.3) is 0 Å². The Labute approximate surface area is 156 Å². The Hall–Kier alpha value is -2.24. The highest BCUT2D eigenvalue weighted by Gasteiger charge is 2.25. The number of nitrogens with zero attached hydrogens (tertiary/aromatic N) is 2. The van der Waals surface area contributed by atoms with E-state index in [4.69, 9.17) is 0 Å². The van der Waals surface area contributed by atoms with Crippen LogP contribution in [0.5, 0.6) is 5.75 Å². The van der Waals surface area contributed by atoms with Gasteiger partial charge in [-0.2, -0.15) is 0 Å². The Balaban J connectivity index is 1.77. The second-order valence-electron chi connectivity index (χ2n) is 6.93. The SMILES string of the molecule is CCCCC(CC)CNC(=O)N1CCN(C(=O)c2ccc(O)cc2)CC1. The van der Waals surface area contributed by atoms with E-state index in [1.54, 1.807) is 21.9 Å². The Morgan fingerprint density at radius 1 is 1.08 bits per heavy atom. The number of aromatic hydroxyl groups is 1. The van der Waals surface area contributed by atoms with Crippen LogP contribution < -0.4 is 5.32 Å². The minimum atomic E-state index is -0.0596. The molecule has 1 aliphatic heterocycles. The number of piperazine rings is 1. The van der Waals surface area contributed by atoms with Gasteiger partial charge < -0.3 is 20.2 Å². The van der Waals surface area contributed by atoms with Gasteiger partial charge in [-0.15, -0.1) is 0 Å². The minimum absolute atomic E-state index is 0.0309. The highest BCUT2D eigenvalue weighted by atomic mass is 16.3. The van der Waals surface area contributed by atoms with Gasteiger partial charge in [-0.3, -0.25) is 4.79 Å². The van der Waals surface area contributed by atoms with Crippen molar-refractivity contribution < 1.29 is 14.7 Å². The molecule has 1 atom stereocenters. The first-order valence-electron chi connectivity index (χ1n) is 9.66. The monoisotopic (exact) mass is 361 g/mol. The first-order valence-corrected chi connectivity index (χ1v) is 9.66. The van der Waals surface area contributed by atoms with E-state index >= 15 is 0 Å². The summed E-state index contributed by atoms with van der Waals surface area (Å²) in [6.07, 6.45) is 4.62. The maximum absolute atomic E-state index is 12.5. The number of hydrogen-bond donors (Lipinski definition) is 2. The van der Waals surface area contributed by atoms with Crippen LogP contribution in [0, 0.1) is 5.92 Å². The van der Waals surface area contributed by atoms with E-state index in [1.165, 1.54) is 25.0 Å². The third-order valence-electron chi connectivity index (χ3n) is 5.05. The molecule has 144 valence electrons. The van der Waals surface area contributed by atoms with Crippen molar-refractivity contribution in [1.29, 1.82) is 0 Å². The summed E-state index contributed by atoms with van der Waals surface area (Å²) in [6.45, 7) is 7.22. The predicted octanol–water partition coefficient (Wildman–Crippen LogP) is 3.08. The van der Waals surface area contributed by atoms with Gasteiger partial charge in [0.25, 0.3) is 5.91 Å². The molecular weight excluding hydrogens is 330 g/mol. The second-order valence-corrected chi connectivity index (χ2v) is 6.93. The number of amides is 3. The Morgan fingerprint density at radius 2 is 1.69 bits per heavy atom. The van der Waals surface area contributed by atoms with Crippen LogP contribution in [0.3, 0.4) is 0 Å².